The zero-order valence-electron chi connectivity index (χ0n) is 9.12. The van der Waals surface area contributed by atoms with Gasteiger partial charge in [0.2, 0.25) is 0 Å². The normalized spacial score (nSPS) is 11.9. The predicted molar refractivity (Wildman–Crippen MR) is 58.6 cm³/mol. The van der Waals surface area contributed by atoms with Gasteiger partial charge in [-0.2, -0.15) is 0 Å². The molecule has 3 N–H and O–H groups in total. The lowest BCUT2D eigenvalue weighted by Gasteiger charge is -2.12. The number of esters is 1. The molecule has 0 amide bonds. The quantitative estimate of drug-likeness (QED) is 0.450. The number of phenols is 1. The van der Waals surface area contributed by atoms with Gasteiger partial charge in [-0.25, -0.2) is 0 Å². The van der Waals surface area contributed by atoms with Crippen molar-refractivity contribution in [2.24, 2.45) is 5.73 Å². The van der Waals surface area contributed by atoms with Crippen LogP contribution >= 0.6 is 0 Å². The minimum atomic E-state index is -0.744. The molecule has 0 aliphatic carbocycles. The summed E-state index contributed by atoms with van der Waals surface area (Å²) in [6, 6.07) is 3.63. The molecule has 0 saturated heterocycles. The Morgan fingerprint density at radius 1 is 1.65 bits per heavy atom. The van der Waals surface area contributed by atoms with E-state index in [-0.39, 0.29) is 6.54 Å². The Bertz CT molecular complexity index is 446. The van der Waals surface area contributed by atoms with Gasteiger partial charge in [0, 0.05) is 12.6 Å². The number of rotatable bonds is 4. The van der Waals surface area contributed by atoms with Crippen molar-refractivity contribution in [1.82, 2.24) is 0 Å². The average molecular weight is 240 g/mol. The Hall–Kier alpha value is -2.15. The highest BCUT2D eigenvalue weighted by atomic mass is 16.6. The Morgan fingerprint density at radius 2 is 2.29 bits per heavy atom. The summed E-state index contributed by atoms with van der Waals surface area (Å²) in [4.78, 5) is 21.1. The monoisotopic (exact) mass is 240 g/mol. The van der Waals surface area contributed by atoms with Crippen molar-refractivity contribution >= 4 is 11.7 Å². The van der Waals surface area contributed by atoms with Crippen LogP contribution < -0.4 is 5.73 Å². The molecule has 1 rings (SSSR count). The van der Waals surface area contributed by atoms with E-state index in [2.05, 4.69) is 4.74 Å². The molecule has 0 spiro atoms. The lowest BCUT2D eigenvalue weighted by Crippen LogP contribution is -2.22. The molecule has 17 heavy (non-hydrogen) atoms. The highest BCUT2D eigenvalue weighted by molar-refractivity contribution is 5.78. The molecular weight excluding hydrogens is 228 g/mol. The summed E-state index contributed by atoms with van der Waals surface area (Å²) in [6.45, 7) is -0.01000. The van der Waals surface area contributed by atoms with E-state index in [9.17, 15) is 20.0 Å². The van der Waals surface area contributed by atoms with Gasteiger partial charge in [-0.15, -0.1) is 0 Å². The van der Waals surface area contributed by atoms with E-state index in [1.54, 1.807) is 0 Å². The standard InChI is InChI=1S/C10H12N2O5/c1-17-10(14)7(5-11)6-2-3-8(12(15)16)9(13)4-6/h2-4,7,13H,5,11H2,1H3. The second-order valence-corrected chi connectivity index (χ2v) is 3.32. The third-order valence-electron chi connectivity index (χ3n) is 2.32. The molecule has 1 aromatic carbocycles. The molecule has 0 heterocycles. The van der Waals surface area contributed by atoms with Crippen LogP contribution in [0.2, 0.25) is 0 Å². The first-order valence-corrected chi connectivity index (χ1v) is 4.76. The molecule has 0 radical (unpaired) electrons. The SMILES string of the molecule is COC(=O)C(CN)c1ccc([N+](=O)[O-])c(O)c1. The van der Waals surface area contributed by atoms with Crippen molar-refractivity contribution in [3.8, 4) is 5.75 Å². The number of methoxy groups -OCH3 is 1. The molecule has 0 bridgehead atoms. The number of nitrogens with two attached hydrogens (primary N) is 1. The second kappa shape index (κ2) is 5.26. The van der Waals surface area contributed by atoms with Crippen molar-refractivity contribution in [2.75, 3.05) is 13.7 Å². The summed E-state index contributed by atoms with van der Waals surface area (Å²) in [5.41, 5.74) is 5.37. The number of carbonyl (C=O) groups is 1. The van der Waals surface area contributed by atoms with Gasteiger partial charge in [0.05, 0.1) is 18.0 Å². The van der Waals surface area contributed by atoms with Crippen molar-refractivity contribution in [3.63, 3.8) is 0 Å². The molecule has 92 valence electrons. The number of nitro groups is 1. The molecular formula is C10H12N2O5. The maximum atomic E-state index is 11.4. The Kier molecular flexibility index (Phi) is 4.00. The number of hydrogen-bond donors (Lipinski definition) is 2. The van der Waals surface area contributed by atoms with Crippen LogP contribution in [-0.4, -0.2) is 29.7 Å². The van der Waals surface area contributed by atoms with Crippen LogP contribution in [0.1, 0.15) is 11.5 Å². The van der Waals surface area contributed by atoms with Crippen LogP contribution in [0.15, 0.2) is 18.2 Å². The van der Waals surface area contributed by atoms with Gasteiger partial charge in [-0.3, -0.25) is 14.9 Å². The molecule has 0 aliphatic heterocycles. The van der Waals surface area contributed by atoms with Gasteiger partial charge >= 0.3 is 11.7 Å². The molecule has 0 fully saturated rings. The van der Waals surface area contributed by atoms with Crippen molar-refractivity contribution in [2.45, 2.75) is 5.92 Å². The van der Waals surface area contributed by atoms with Gasteiger partial charge in [-0.1, -0.05) is 6.07 Å². The first-order valence-electron chi connectivity index (χ1n) is 4.76. The average Bonchev–Trinajstić information content (AvgIpc) is 2.29. The van der Waals surface area contributed by atoms with Crippen LogP contribution in [0, 0.1) is 10.1 Å². The smallest absolute Gasteiger partial charge is 0.314 e. The van der Waals surface area contributed by atoms with Crippen molar-refractivity contribution < 1.29 is 19.6 Å². The zero-order chi connectivity index (χ0) is 13.0. The highest BCUT2D eigenvalue weighted by Gasteiger charge is 2.22. The molecule has 7 heteroatoms. The third kappa shape index (κ3) is 2.70. The van der Waals surface area contributed by atoms with Crippen molar-refractivity contribution in [3.05, 3.63) is 33.9 Å². The lowest BCUT2D eigenvalue weighted by atomic mass is 9.99. The first-order chi connectivity index (χ1) is 8.01. The summed E-state index contributed by atoms with van der Waals surface area (Å²) in [5.74, 6) is -1.80. The summed E-state index contributed by atoms with van der Waals surface area (Å²) >= 11 is 0. The summed E-state index contributed by atoms with van der Waals surface area (Å²) in [6.07, 6.45) is 0. The van der Waals surface area contributed by atoms with E-state index >= 15 is 0 Å². The maximum absolute atomic E-state index is 11.4. The summed E-state index contributed by atoms with van der Waals surface area (Å²) in [5, 5.41) is 19.9. The maximum Gasteiger partial charge on any atom is 0.314 e. The number of nitrogens with zero attached hydrogens (tertiary/aromatic N) is 1. The molecule has 0 aromatic heterocycles. The van der Waals surface area contributed by atoms with E-state index in [1.807, 2.05) is 0 Å². The number of hydrogen-bond acceptors (Lipinski definition) is 6. The van der Waals surface area contributed by atoms with Gasteiger partial charge in [-0.05, 0) is 11.6 Å². The number of ether oxygens (including phenoxy) is 1. The van der Waals surface area contributed by atoms with Gasteiger partial charge in [0.25, 0.3) is 0 Å². The largest absolute Gasteiger partial charge is 0.502 e. The van der Waals surface area contributed by atoms with Gasteiger partial charge < -0.3 is 15.6 Å². The van der Waals surface area contributed by atoms with E-state index in [1.165, 1.54) is 13.2 Å². The number of benzene rings is 1. The van der Waals surface area contributed by atoms with Crippen LogP contribution in [0.4, 0.5) is 5.69 Å². The fourth-order valence-corrected chi connectivity index (χ4v) is 1.42. The predicted octanol–water partition coefficient (Wildman–Crippen LogP) is 0.516. The van der Waals surface area contributed by atoms with Crippen LogP contribution in [0.5, 0.6) is 5.75 Å². The second-order valence-electron chi connectivity index (χ2n) is 3.32. The minimum Gasteiger partial charge on any atom is -0.502 e. The topological polar surface area (TPSA) is 116 Å². The van der Waals surface area contributed by atoms with Gasteiger partial charge in [0.1, 0.15) is 0 Å². The molecule has 1 unspecified atom stereocenters. The van der Waals surface area contributed by atoms with E-state index in [4.69, 9.17) is 5.73 Å². The fourth-order valence-electron chi connectivity index (χ4n) is 1.42. The van der Waals surface area contributed by atoms with Crippen LogP contribution in [-0.2, 0) is 9.53 Å². The van der Waals surface area contributed by atoms with E-state index < -0.39 is 28.2 Å². The molecule has 1 atom stereocenters. The fraction of sp³-hybridized carbons (Fsp3) is 0.300. The third-order valence-corrected chi connectivity index (χ3v) is 2.32. The Balaban J connectivity index is 3.11. The van der Waals surface area contributed by atoms with Crippen molar-refractivity contribution in [1.29, 1.82) is 0 Å². The molecule has 1 aromatic rings. The minimum absolute atomic E-state index is 0.01000. The lowest BCUT2D eigenvalue weighted by molar-refractivity contribution is -0.385. The molecule has 0 saturated carbocycles. The van der Waals surface area contributed by atoms with E-state index in [0.29, 0.717) is 5.56 Å². The summed E-state index contributed by atoms with van der Waals surface area (Å²) in [7, 11) is 1.22. The number of aromatic hydroxyl groups is 1. The highest BCUT2D eigenvalue weighted by Crippen LogP contribution is 2.29. The molecule has 0 aliphatic rings. The number of nitro benzene ring substituents is 1. The Morgan fingerprint density at radius 3 is 2.71 bits per heavy atom. The molecule has 7 nitrogen and oxygen atoms in total. The summed E-state index contributed by atoms with van der Waals surface area (Å²) < 4.78 is 4.54. The first kappa shape index (κ1) is 12.9. The van der Waals surface area contributed by atoms with E-state index in [0.717, 1.165) is 12.1 Å². The van der Waals surface area contributed by atoms with Crippen LogP contribution in [0.25, 0.3) is 0 Å². The van der Waals surface area contributed by atoms with Crippen LogP contribution in [0.3, 0.4) is 0 Å². The van der Waals surface area contributed by atoms with Gasteiger partial charge in [0.15, 0.2) is 5.75 Å². The Labute approximate surface area is 97.0 Å². The number of phenolic OH excluding ortho intramolecular Hbond substituents is 1. The number of carbonyl (C=O) groups excluding carboxylic acids is 1. The zero-order valence-corrected chi connectivity index (χ0v) is 9.12.